The normalized spacial score (nSPS) is 44.5. The van der Waals surface area contributed by atoms with E-state index < -0.39 is 0 Å². The molecule has 5 unspecified atom stereocenters. The lowest BCUT2D eigenvalue weighted by Crippen LogP contribution is -2.34. The van der Waals surface area contributed by atoms with Gasteiger partial charge in [0.15, 0.2) is 0 Å². The molecular weight excluding hydrogens is 210 g/mol. The number of alkyl halides is 1. The second-order valence-electron chi connectivity index (χ2n) is 5.52. The van der Waals surface area contributed by atoms with Gasteiger partial charge in [-0.05, 0) is 49.9 Å². The van der Waals surface area contributed by atoms with Crippen molar-refractivity contribution in [2.24, 2.45) is 23.7 Å². The zero-order valence-corrected chi connectivity index (χ0v) is 9.91. The highest BCUT2D eigenvalue weighted by Crippen LogP contribution is 2.55. The van der Waals surface area contributed by atoms with E-state index in [1.54, 1.807) is 6.92 Å². The first-order valence-electron chi connectivity index (χ1n) is 6.09. The number of hydrogen-bond acceptors (Lipinski definition) is 1. The van der Waals surface area contributed by atoms with Crippen LogP contribution in [0.2, 0.25) is 0 Å². The number of carbonyl (C=O) groups is 1. The number of carbonyl (C=O) groups excluding carboxylic acids is 1. The lowest BCUT2D eigenvalue weighted by Gasteiger charge is -2.22. The molecule has 0 aromatic rings. The third-order valence-electron chi connectivity index (χ3n) is 4.79. The summed E-state index contributed by atoms with van der Waals surface area (Å²) >= 11 is 5.86. The van der Waals surface area contributed by atoms with Crippen LogP contribution in [0.15, 0.2) is 0 Å². The van der Waals surface area contributed by atoms with Crippen molar-refractivity contribution in [3.8, 4) is 0 Å². The highest BCUT2D eigenvalue weighted by Gasteiger charge is 2.52. The molecule has 3 rings (SSSR count). The third kappa shape index (κ3) is 1.41. The van der Waals surface area contributed by atoms with Gasteiger partial charge in [0.1, 0.15) is 5.38 Å². The van der Waals surface area contributed by atoms with Gasteiger partial charge in [0.05, 0.1) is 0 Å². The first-order chi connectivity index (χ1) is 7.16. The minimum Gasteiger partial charge on any atom is -0.341 e. The summed E-state index contributed by atoms with van der Waals surface area (Å²) in [6.45, 7) is 3.76. The van der Waals surface area contributed by atoms with E-state index in [2.05, 4.69) is 0 Å². The Hall–Kier alpha value is -0.240. The van der Waals surface area contributed by atoms with E-state index >= 15 is 0 Å². The van der Waals surface area contributed by atoms with E-state index in [0.29, 0.717) is 0 Å². The molecule has 0 aromatic heterocycles. The van der Waals surface area contributed by atoms with E-state index in [0.717, 1.165) is 36.8 Å². The number of likely N-dealkylation sites (tertiary alicyclic amines) is 1. The molecule has 1 amide bonds. The molecule has 0 N–H and O–H groups in total. The lowest BCUT2D eigenvalue weighted by atomic mass is 9.82. The van der Waals surface area contributed by atoms with Gasteiger partial charge in [0.2, 0.25) is 5.91 Å². The SMILES string of the molecule is CC(Cl)C(=O)N1CC2C3CCC(C3)C2C1. The van der Waals surface area contributed by atoms with E-state index in [1.807, 2.05) is 4.90 Å². The smallest absolute Gasteiger partial charge is 0.240 e. The third-order valence-corrected chi connectivity index (χ3v) is 4.98. The van der Waals surface area contributed by atoms with Crippen LogP contribution in [0.3, 0.4) is 0 Å². The molecule has 3 aliphatic rings. The van der Waals surface area contributed by atoms with Gasteiger partial charge in [-0.3, -0.25) is 4.79 Å². The van der Waals surface area contributed by atoms with Crippen molar-refractivity contribution in [3.05, 3.63) is 0 Å². The minimum atomic E-state index is -0.346. The van der Waals surface area contributed by atoms with Crippen LogP contribution in [0.5, 0.6) is 0 Å². The molecule has 1 saturated heterocycles. The van der Waals surface area contributed by atoms with Crippen molar-refractivity contribution in [3.63, 3.8) is 0 Å². The Balaban J connectivity index is 1.72. The minimum absolute atomic E-state index is 0.144. The Bertz CT molecular complexity index is 273. The van der Waals surface area contributed by atoms with Crippen molar-refractivity contribution < 1.29 is 4.79 Å². The Morgan fingerprint density at radius 1 is 1.27 bits per heavy atom. The van der Waals surface area contributed by atoms with Gasteiger partial charge in [-0.25, -0.2) is 0 Å². The predicted octanol–water partition coefficient (Wildman–Crippen LogP) is 2.12. The first-order valence-corrected chi connectivity index (χ1v) is 6.53. The van der Waals surface area contributed by atoms with Crippen LogP contribution >= 0.6 is 11.6 Å². The van der Waals surface area contributed by atoms with Crippen LogP contribution in [-0.2, 0) is 4.79 Å². The fourth-order valence-electron chi connectivity index (χ4n) is 4.11. The zero-order chi connectivity index (χ0) is 10.6. The molecule has 0 aromatic carbocycles. The van der Waals surface area contributed by atoms with Crippen molar-refractivity contribution in [1.82, 2.24) is 4.90 Å². The van der Waals surface area contributed by atoms with Crippen molar-refractivity contribution >= 4 is 17.5 Å². The Kier molecular flexibility index (Phi) is 2.24. The topological polar surface area (TPSA) is 20.3 Å². The molecule has 5 atom stereocenters. The number of nitrogens with zero attached hydrogens (tertiary/aromatic N) is 1. The van der Waals surface area contributed by atoms with E-state index in [4.69, 9.17) is 11.6 Å². The van der Waals surface area contributed by atoms with Crippen molar-refractivity contribution in [2.75, 3.05) is 13.1 Å². The molecule has 3 fully saturated rings. The number of hydrogen-bond donors (Lipinski definition) is 0. The second-order valence-corrected chi connectivity index (χ2v) is 6.17. The van der Waals surface area contributed by atoms with E-state index in [1.165, 1.54) is 19.3 Å². The summed E-state index contributed by atoms with van der Waals surface area (Å²) in [5.74, 6) is 3.60. The molecule has 2 saturated carbocycles. The average Bonchev–Trinajstić information content (AvgIpc) is 2.87. The predicted molar refractivity (Wildman–Crippen MR) is 59.7 cm³/mol. The molecule has 2 bridgehead atoms. The van der Waals surface area contributed by atoms with Gasteiger partial charge in [-0.1, -0.05) is 0 Å². The van der Waals surface area contributed by atoms with Crippen molar-refractivity contribution in [2.45, 2.75) is 31.6 Å². The summed E-state index contributed by atoms with van der Waals surface area (Å²) < 4.78 is 0. The van der Waals surface area contributed by atoms with Gasteiger partial charge in [-0.15, -0.1) is 11.6 Å². The van der Waals surface area contributed by atoms with Gasteiger partial charge < -0.3 is 4.90 Å². The highest BCUT2D eigenvalue weighted by molar-refractivity contribution is 6.30. The van der Waals surface area contributed by atoms with Gasteiger partial charge in [-0.2, -0.15) is 0 Å². The van der Waals surface area contributed by atoms with Crippen LogP contribution in [0.4, 0.5) is 0 Å². The van der Waals surface area contributed by atoms with Crippen molar-refractivity contribution in [1.29, 1.82) is 0 Å². The molecule has 0 radical (unpaired) electrons. The van der Waals surface area contributed by atoms with Gasteiger partial charge >= 0.3 is 0 Å². The quantitative estimate of drug-likeness (QED) is 0.629. The number of amides is 1. The summed E-state index contributed by atoms with van der Waals surface area (Å²) in [7, 11) is 0. The van der Waals surface area contributed by atoms with Gasteiger partial charge in [0, 0.05) is 13.1 Å². The number of rotatable bonds is 1. The lowest BCUT2D eigenvalue weighted by molar-refractivity contribution is -0.129. The molecule has 84 valence electrons. The summed E-state index contributed by atoms with van der Waals surface area (Å²) in [6.07, 6.45) is 4.25. The molecule has 2 aliphatic carbocycles. The van der Waals surface area contributed by atoms with Crippen LogP contribution in [-0.4, -0.2) is 29.3 Å². The maximum absolute atomic E-state index is 11.8. The maximum Gasteiger partial charge on any atom is 0.240 e. The fourth-order valence-corrected chi connectivity index (χ4v) is 4.25. The molecule has 1 aliphatic heterocycles. The summed E-state index contributed by atoms with van der Waals surface area (Å²) in [5.41, 5.74) is 0. The molecule has 3 heteroatoms. The summed E-state index contributed by atoms with van der Waals surface area (Å²) in [6, 6.07) is 0. The van der Waals surface area contributed by atoms with Crippen LogP contribution in [0.25, 0.3) is 0 Å². The Morgan fingerprint density at radius 2 is 1.80 bits per heavy atom. The maximum atomic E-state index is 11.8. The molecule has 2 nitrogen and oxygen atoms in total. The number of fused-ring (bicyclic) bond motifs is 5. The van der Waals surface area contributed by atoms with E-state index in [-0.39, 0.29) is 11.3 Å². The Labute approximate surface area is 96.0 Å². The van der Waals surface area contributed by atoms with E-state index in [9.17, 15) is 4.79 Å². The molecule has 1 heterocycles. The van der Waals surface area contributed by atoms with Crippen LogP contribution < -0.4 is 0 Å². The highest BCUT2D eigenvalue weighted by atomic mass is 35.5. The van der Waals surface area contributed by atoms with Crippen LogP contribution in [0, 0.1) is 23.7 Å². The monoisotopic (exact) mass is 227 g/mol. The number of halogens is 1. The second kappa shape index (κ2) is 3.38. The molecular formula is C12H18ClNO. The van der Waals surface area contributed by atoms with Crippen LogP contribution in [0.1, 0.15) is 26.2 Å². The first kappa shape index (κ1) is 9.95. The summed E-state index contributed by atoms with van der Waals surface area (Å²) in [5, 5.41) is -0.346. The fraction of sp³-hybridized carbons (Fsp3) is 0.917. The average molecular weight is 228 g/mol. The Morgan fingerprint density at radius 3 is 2.27 bits per heavy atom. The summed E-state index contributed by atoms with van der Waals surface area (Å²) in [4.78, 5) is 13.8. The molecule has 0 spiro atoms. The largest absolute Gasteiger partial charge is 0.341 e. The van der Waals surface area contributed by atoms with Gasteiger partial charge in [0.25, 0.3) is 0 Å². The molecule has 15 heavy (non-hydrogen) atoms. The standard InChI is InChI=1S/C12H18ClNO/c1-7(13)12(15)14-5-10-8-2-3-9(4-8)11(10)6-14/h7-11H,2-6H2,1H3. The zero-order valence-electron chi connectivity index (χ0n) is 9.16.